The smallest absolute Gasteiger partial charge is 0.190 e. The molecule has 0 spiro atoms. The summed E-state index contributed by atoms with van der Waals surface area (Å²) in [5.74, 6) is -2.35. The number of hydrogen-bond acceptors (Lipinski definition) is 4. The number of rotatable bonds is 5. The quantitative estimate of drug-likeness (QED) is 0.677. The molecule has 6 heteroatoms. The van der Waals surface area contributed by atoms with Gasteiger partial charge in [-0.15, -0.1) is 0 Å². The minimum Gasteiger partial charge on any atom is -0.485 e. The first-order valence-electron chi connectivity index (χ1n) is 4.68. The molecule has 90 valence electrons. The second-order valence-corrected chi connectivity index (χ2v) is 3.24. The van der Waals surface area contributed by atoms with Gasteiger partial charge in [-0.2, -0.15) is 0 Å². The van der Waals surface area contributed by atoms with Crippen molar-refractivity contribution in [3.8, 4) is 5.75 Å². The van der Waals surface area contributed by atoms with Gasteiger partial charge in [-0.05, 0) is 17.7 Å². The lowest BCUT2D eigenvalue weighted by Gasteiger charge is -2.12. The molecule has 0 amide bonds. The molecule has 0 aromatic heterocycles. The van der Waals surface area contributed by atoms with E-state index in [0.29, 0.717) is 5.56 Å². The highest BCUT2D eigenvalue weighted by atomic mass is 19.1. The molecule has 1 atom stereocenters. The lowest BCUT2D eigenvalue weighted by molar-refractivity contribution is 0.0509. The van der Waals surface area contributed by atoms with Crippen LogP contribution in [0, 0.1) is 11.6 Å². The Hall–Kier alpha value is -1.24. The summed E-state index contributed by atoms with van der Waals surface area (Å²) < 4.78 is 31.3. The van der Waals surface area contributed by atoms with E-state index in [-0.39, 0.29) is 13.2 Å². The van der Waals surface area contributed by atoms with Crippen molar-refractivity contribution in [2.75, 3.05) is 13.2 Å². The number of halogens is 2. The van der Waals surface area contributed by atoms with Crippen molar-refractivity contribution in [3.63, 3.8) is 0 Å². The van der Waals surface area contributed by atoms with E-state index >= 15 is 0 Å². The predicted molar refractivity (Wildman–Crippen MR) is 52.8 cm³/mol. The summed E-state index contributed by atoms with van der Waals surface area (Å²) in [5.41, 5.74) is 5.54. The van der Waals surface area contributed by atoms with Gasteiger partial charge in [0.2, 0.25) is 0 Å². The van der Waals surface area contributed by atoms with Gasteiger partial charge in [0.25, 0.3) is 0 Å². The number of hydrogen-bond donors (Lipinski definition) is 3. The van der Waals surface area contributed by atoms with Crippen LogP contribution < -0.4 is 10.5 Å². The van der Waals surface area contributed by atoms with E-state index in [1.54, 1.807) is 0 Å². The average Bonchev–Trinajstić information content (AvgIpc) is 2.27. The zero-order chi connectivity index (χ0) is 12.1. The Balaban J connectivity index is 2.80. The molecule has 0 radical (unpaired) electrons. The maximum Gasteiger partial charge on any atom is 0.190 e. The molecule has 0 saturated heterocycles. The summed E-state index contributed by atoms with van der Waals surface area (Å²) in [5, 5.41) is 17.5. The molecule has 16 heavy (non-hydrogen) atoms. The molecule has 0 fully saturated rings. The molecule has 0 aliphatic carbocycles. The van der Waals surface area contributed by atoms with Crippen molar-refractivity contribution in [1.82, 2.24) is 0 Å². The third kappa shape index (κ3) is 3.13. The molecule has 1 aromatic carbocycles. The van der Waals surface area contributed by atoms with Crippen LogP contribution in [-0.2, 0) is 6.54 Å². The van der Waals surface area contributed by atoms with Crippen LogP contribution in [0.25, 0.3) is 0 Å². The van der Waals surface area contributed by atoms with Gasteiger partial charge in [0.15, 0.2) is 17.4 Å². The standard InChI is InChI=1S/C10H13F2NO3/c11-8-1-6(3-13)2-9(12)10(8)16-5-7(15)4-14/h1-2,7,14-15H,3-5,13H2. The molecule has 0 heterocycles. The second-order valence-electron chi connectivity index (χ2n) is 3.24. The molecular weight excluding hydrogens is 220 g/mol. The lowest BCUT2D eigenvalue weighted by Crippen LogP contribution is -2.22. The Morgan fingerprint density at radius 2 is 1.88 bits per heavy atom. The average molecular weight is 233 g/mol. The first kappa shape index (κ1) is 12.8. The molecule has 1 aromatic rings. The predicted octanol–water partition coefficient (Wildman–Crippen LogP) is 0.155. The lowest BCUT2D eigenvalue weighted by atomic mass is 10.2. The monoisotopic (exact) mass is 233 g/mol. The van der Waals surface area contributed by atoms with Crippen LogP contribution in [0.5, 0.6) is 5.75 Å². The summed E-state index contributed by atoms with van der Waals surface area (Å²) in [6, 6.07) is 2.12. The van der Waals surface area contributed by atoms with Gasteiger partial charge in [-0.25, -0.2) is 8.78 Å². The van der Waals surface area contributed by atoms with Gasteiger partial charge in [-0.3, -0.25) is 0 Å². The topological polar surface area (TPSA) is 75.7 Å². The summed E-state index contributed by atoms with van der Waals surface area (Å²) >= 11 is 0. The summed E-state index contributed by atoms with van der Waals surface area (Å²) in [4.78, 5) is 0. The van der Waals surface area contributed by atoms with E-state index in [1.165, 1.54) is 0 Å². The van der Waals surface area contributed by atoms with Crippen molar-refractivity contribution in [2.45, 2.75) is 12.6 Å². The fourth-order valence-corrected chi connectivity index (χ4v) is 1.10. The SMILES string of the molecule is NCc1cc(F)c(OCC(O)CO)c(F)c1. The van der Waals surface area contributed by atoms with Crippen molar-refractivity contribution in [1.29, 1.82) is 0 Å². The van der Waals surface area contributed by atoms with E-state index in [0.717, 1.165) is 12.1 Å². The second kappa shape index (κ2) is 5.74. The van der Waals surface area contributed by atoms with Crippen molar-refractivity contribution in [3.05, 3.63) is 29.3 Å². The number of nitrogens with two attached hydrogens (primary N) is 1. The number of aliphatic hydroxyl groups excluding tert-OH is 2. The van der Waals surface area contributed by atoms with Crippen LogP contribution >= 0.6 is 0 Å². The molecule has 0 bridgehead atoms. The molecule has 0 saturated carbocycles. The normalized spacial score (nSPS) is 12.6. The first-order chi connectivity index (χ1) is 7.58. The largest absolute Gasteiger partial charge is 0.485 e. The van der Waals surface area contributed by atoms with E-state index in [4.69, 9.17) is 20.7 Å². The van der Waals surface area contributed by atoms with Crippen LogP contribution in [0.3, 0.4) is 0 Å². The van der Waals surface area contributed by atoms with Crippen LogP contribution in [0.1, 0.15) is 5.56 Å². The zero-order valence-electron chi connectivity index (χ0n) is 8.49. The number of aliphatic hydroxyl groups is 2. The van der Waals surface area contributed by atoms with Crippen LogP contribution in [0.4, 0.5) is 8.78 Å². The Bertz CT molecular complexity index is 337. The fraction of sp³-hybridized carbons (Fsp3) is 0.400. The van der Waals surface area contributed by atoms with Crippen LogP contribution in [0.2, 0.25) is 0 Å². The Kier molecular flexibility index (Phi) is 4.60. The van der Waals surface area contributed by atoms with E-state index in [9.17, 15) is 8.78 Å². The highest BCUT2D eigenvalue weighted by molar-refractivity contribution is 5.31. The van der Waals surface area contributed by atoms with Gasteiger partial charge >= 0.3 is 0 Å². The molecule has 0 aliphatic heterocycles. The minimum absolute atomic E-state index is 0.0212. The zero-order valence-corrected chi connectivity index (χ0v) is 8.49. The summed E-state index contributed by atoms with van der Waals surface area (Å²) in [6.07, 6.45) is -1.17. The maximum atomic E-state index is 13.3. The third-order valence-electron chi connectivity index (χ3n) is 1.92. The molecule has 0 aliphatic rings. The first-order valence-corrected chi connectivity index (χ1v) is 4.68. The van der Waals surface area contributed by atoms with Crippen LogP contribution in [0.15, 0.2) is 12.1 Å². The highest BCUT2D eigenvalue weighted by Crippen LogP contribution is 2.23. The van der Waals surface area contributed by atoms with Crippen molar-refractivity contribution in [2.24, 2.45) is 5.73 Å². The van der Waals surface area contributed by atoms with Crippen LogP contribution in [-0.4, -0.2) is 29.5 Å². The van der Waals surface area contributed by atoms with Crippen molar-refractivity contribution < 1.29 is 23.7 Å². The molecule has 4 nitrogen and oxygen atoms in total. The summed E-state index contributed by atoms with van der Waals surface area (Å²) in [7, 11) is 0. The molecule has 1 unspecified atom stereocenters. The van der Waals surface area contributed by atoms with Gasteiger partial charge < -0.3 is 20.7 Å². The molecule has 4 N–H and O–H groups in total. The van der Waals surface area contributed by atoms with E-state index in [2.05, 4.69) is 0 Å². The summed E-state index contributed by atoms with van der Waals surface area (Å²) in [6.45, 7) is -0.899. The van der Waals surface area contributed by atoms with Gasteiger partial charge in [0, 0.05) is 6.54 Å². The number of ether oxygens (including phenoxy) is 1. The van der Waals surface area contributed by atoms with Gasteiger partial charge in [-0.1, -0.05) is 0 Å². The minimum atomic E-state index is -1.17. The molecule has 1 rings (SSSR count). The van der Waals surface area contributed by atoms with E-state index in [1.807, 2.05) is 0 Å². The maximum absolute atomic E-state index is 13.3. The Morgan fingerprint density at radius 1 is 1.31 bits per heavy atom. The van der Waals surface area contributed by atoms with Gasteiger partial charge in [0.05, 0.1) is 6.61 Å². The Labute approximate surface area is 91.3 Å². The Morgan fingerprint density at radius 3 is 2.31 bits per heavy atom. The fourth-order valence-electron chi connectivity index (χ4n) is 1.10. The van der Waals surface area contributed by atoms with Crippen molar-refractivity contribution >= 4 is 0 Å². The number of benzene rings is 1. The molecular formula is C10H13F2NO3. The van der Waals surface area contributed by atoms with Gasteiger partial charge in [0.1, 0.15) is 12.7 Å². The third-order valence-corrected chi connectivity index (χ3v) is 1.92. The van der Waals surface area contributed by atoms with E-state index < -0.39 is 30.1 Å². The highest BCUT2D eigenvalue weighted by Gasteiger charge is 2.13.